The summed E-state index contributed by atoms with van der Waals surface area (Å²) in [6, 6.07) is 4.94. The van der Waals surface area contributed by atoms with Crippen LogP contribution in [0.5, 0.6) is 0 Å². The smallest absolute Gasteiger partial charge is 0.460 e. The summed E-state index contributed by atoms with van der Waals surface area (Å²) in [6.07, 6.45) is 0.300. The lowest BCUT2D eigenvalue weighted by molar-refractivity contribution is -0.154. The number of carbonyl (C=O) groups is 1. The molecule has 1 aromatic carbocycles. The molecule has 0 saturated carbocycles. The highest BCUT2D eigenvalue weighted by Crippen LogP contribution is 2.36. The van der Waals surface area contributed by atoms with Crippen molar-refractivity contribution in [2.75, 3.05) is 25.0 Å². The first kappa shape index (κ1) is 23.6. The summed E-state index contributed by atoms with van der Waals surface area (Å²) < 4.78 is 31.6. The molecule has 29 heavy (non-hydrogen) atoms. The van der Waals surface area contributed by atoms with Gasteiger partial charge in [-0.2, -0.15) is 0 Å². The molecule has 0 bridgehead atoms. The van der Waals surface area contributed by atoms with Crippen molar-refractivity contribution in [3.8, 4) is 0 Å². The number of anilines is 1. The lowest BCUT2D eigenvalue weighted by atomic mass is 9.79. The minimum absolute atomic E-state index is 0.234. The molecule has 0 amide bonds. The molecule has 8 heteroatoms. The SMILES string of the molecule is CC(C)(C)OC(=O)CCNCCNc1ccc(B2OC(C)(C)C(C)(C)O2)cc1F. The van der Waals surface area contributed by atoms with E-state index in [0.717, 1.165) is 0 Å². The standard InChI is InChI=1S/C21H34BFN2O4/c1-19(2,3)27-18(26)10-11-24-12-13-25-17-9-8-15(14-16(17)23)22-28-20(4,5)21(6,7)29-22/h8-9,14,24-25H,10-13H2,1-7H3. The molecule has 0 unspecified atom stereocenters. The van der Waals surface area contributed by atoms with Crippen molar-refractivity contribution in [2.45, 2.75) is 71.7 Å². The van der Waals surface area contributed by atoms with Gasteiger partial charge in [0.15, 0.2) is 0 Å². The van der Waals surface area contributed by atoms with E-state index in [-0.39, 0.29) is 11.8 Å². The molecule has 1 aliphatic heterocycles. The number of rotatable bonds is 8. The first-order valence-corrected chi connectivity index (χ1v) is 10.1. The summed E-state index contributed by atoms with van der Waals surface area (Å²) in [7, 11) is -0.585. The molecule has 1 saturated heterocycles. The second-order valence-corrected chi connectivity index (χ2v) is 9.34. The van der Waals surface area contributed by atoms with Crippen molar-refractivity contribution >= 4 is 24.2 Å². The van der Waals surface area contributed by atoms with Crippen LogP contribution in [-0.4, -0.2) is 49.5 Å². The van der Waals surface area contributed by atoms with E-state index in [1.54, 1.807) is 6.07 Å². The van der Waals surface area contributed by atoms with E-state index in [4.69, 9.17) is 14.0 Å². The number of ether oxygens (including phenoxy) is 1. The Balaban J connectivity index is 1.76. The second kappa shape index (κ2) is 9.02. The number of nitrogens with one attached hydrogen (secondary N) is 2. The zero-order chi connectivity index (χ0) is 21.9. The van der Waals surface area contributed by atoms with Gasteiger partial charge in [0.05, 0.1) is 23.3 Å². The lowest BCUT2D eigenvalue weighted by Crippen LogP contribution is -2.41. The minimum Gasteiger partial charge on any atom is -0.460 e. The second-order valence-electron chi connectivity index (χ2n) is 9.34. The predicted molar refractivity (Wildman–Crippen MR) is 114 cm³/mol. The van der Waals surface area contributed by atoms with Crippen LogP contribution in [0.15, 0.2) is 18.2 Å². The molecule has 0 aliphatic carbocycles. The summed E-state index contributed by atoms with van der Waals surface area (Å²) in [6.45, 7) is 15.0. The van der Waals surface area contributed by atoms with Gasteiger partial charge in [-0.05, 0) is 66.1 Å². The molecule has 1 aliphatic rings. The molecular formula is C21H34BFN2O4. The predicted octanol–water partition coefficient (Wildman–Crippen LogP) is 2.86. The van der Waals surface area contributed by atoms with Crippen LogP contribution in [0.4, 0.5) is 10.1 Å². The fraction of sp³-hybridized carbons (Fsp3) is 0.667. The van der Waals surface area contributed by atoms with Crippen molar-refractivity contribution in [1.82, 2.24) is 5.32 Å². The van der Waals surface area contributed by atoms with Gasteiger partial charge in [0, 0.05) is 19.6 Å². The van der Waals surface area contributed by atoms with Gasteiger partial charge in [-0.25, -0.2) is 4.39 Å². The lowest BCUT2D eigenvalue weighted by Gasteiger charge is -2.32. The summed E-state index contributed by atoms with van der Waals surface area (Å²) in [5, 5.41) is 6.19. The third-order valence-electron chi connectivity index (χ3n) is 5.06. The third kappa shape index (κ3) is 6.69. The molecule has 2 N–H and O–H groups in total. The Morgan fingerprint density at radius 1 is 1.10 bits per heavy atom. The van der Waals surface area contributed by atoms with E-state index < -0.39 is 23.9 Å². The van der Waals surface area contributed by atoms with Gasteiger partial charge >= 0.3 is 13.1 Å². The van der Waals surface area contributed by atoms with Gasteiger partial charge in [-0.15, -0.1) is 0 Å². The van der Waals surface area contributed by atoms with Crippen LogP contribution in [0.25, 0.3) is 0 Å². The number of halogens is 1. The van der Waals surface area contributed by atoms with Gasteiger partial charge in [-0.1, -0.05) is 6.07 Å². The van der Waals surface area contributed by atoms with E-state index in [0.29, 0.717) is 37.2 Å². The van der Waals surface area contributed by atoms with Crippen LogP contribution in [0.1, 0.15) is 54.9 Å². The van der Waals surface area contributed by atoms with E-state index in [1.165, 1.54) is 6.07 Å². The Hall–Kier alpha value is -1.64. The molecule has 162 valence electrons. The monoisotopic (exact) mass is 408 g/mol. The molecule has 1 aromatic rings. The molecule has 1 heterocycles. The van der Waals surface area contributed by atoms with Crippen molar-refractivity contribution in [3.05, 3.63) is 24.0 Å². The van der Waals surface area contributed by atoms with Crippen LogP contribution in [0.3, 0.4) is 0 Å². The summed E-state index contributed by atoms with van der Waals surface area (Å²) in [5.74, 6) is -0.590. The highest BCUT2D eigenvalue weighted by molar-refractivity contribution is 6.62. The van der Waals surface area contributed by atoms with Crippen LogP contribution >= 0.6 is 0 Å². The van der Waals surface area contributed by atoms with Gasteiger partial charge in [0.1, 0.15) is 11.4 Å². The van der Waals surface area contributed by atoms with E-state index in [2.05, 4.69) is 10.6 Å². The van der Waals surface area contributed by atoms with Crippen LogP contribution < -0.4 is 16.1 Å². The Kier molecular flexibility index (Phi) is 7.35. The van der Waals surface area contributed by atoms with Crippen LogP contribution in [0, 0.1) is 5.82 Å². The van der Waals surface area contributed by atoms with Crippen LogP contribution in [-0.2, 0) is 18.8 Å². The Labute approximate surface area is 174 Å². The molecule has 0 spiro atoms. The highest BCUT2D eigenvalue weighted by Gasteiger charge is 2.51. The van der Waals surface area contributed by atoms with Crippen molar-refractivity contribution in [3.63, 3.8) is 0 Å². The third-order valence-corrected chi connectivity index (χ3v) is 5.06. The number of esters is 1. The normalized spacial score (nSPS) is 18.0. The molecule has 0 radical (unpaired) electrons. The largest absolute Gasteiger partial charge is 0.494 e. The molecule has 2 rings (SSSR count). The number of carbonyl (C=O) groups excluding carboxylic acids is 1. The van der Waals surface area contributed by atoms with E-state index in [9.17, 15) is 9.18 Å². The topological polar surface area (TPSA) is 68.8 Å². The Bertz CT molecular complexity index is 703. The van der Waals surface area contributed by atoms with Crippen molar-refractivity contribution in [1.29, 1.82) is 0 Å². The van der Waals surface area contributed by atoms with Gasteiger partial charge in [0.2, 0.25) is 0 Å². The first-order chi connectivity index (χ1) is 13.3. The quantitative estimate of drug-likeness (QED) is 0.392. The summed E-state index contributed by atoms with van der Waals surface area (Å²) in [4.78, 5) is 11.6. The maximum atomic E-state index is 14.5. The molecular weight excluding hydrogens is 374 g/mol. The van der Waals surface area contributed by atoms with Crippen molar-refractivity contribution in [2.24, 2.45) is 0 Å². The van der Waals surface area contributed by atoms with E-state index in [1.807, 2.05) is 54.5 Å². The van der Waals surface area contributed by atoms with Gasteiger partial charge < -0.3 is 24.7 Å². The summed E-state index contributed by atoms with van der Waals surface area (Å²) >= 11 is 0. The fourth-order valence-corrected chi connectivity index (χ4v) is 2.79. The zero-order valence-electron chi connectivity index (χ0n) is 18.6. The van der Waals surface area contributed by atoms with Gasteiger partial charge in [-0.3, -0.25) is 4.79 Å². The van der Waals surface area contributed by atoms with Crippen LogP contribution in [0.2, 0.25) is 0 Å². The first-order valence-electron chi connectivity index (χ1n) is 10.1. The average Bonchev–Trinajstić information content (AvgIpc) is 2.78. The molecule has 0 aromatic heterocycles. The maximum Gasteiger partial charge on any atom is 0.494 e. The van der Waals surface area contributed by atoms with E-state index >= 15 is 0 Å². The van der Waals surface area contributed by atoms with Crippen molar-refractivity contribution < 1.29 is 23.2 Å². The molecule has 1 fully saturated rings. The Morgan fingerprint density at radius 3 is 2.28 bits per heavy atom. The summed E-state index contributed by atoms with van der Waals surface area (Å²) in [5.41, 5.74) is -0.324. The van der Waals surface area contributed by atoms with Gasteiger partial charge in [0.25, 0.3) is 0 Å². The number of hydrogen-bond acceptors (Lipinski definition) is 6. The number of hydrogen-bond donors (Lipinski definition) is 2. The fourth-order valence-electron chi connectivity index (χ4n) is 2.79. The molecule has 0 atom stereocenters. The number of benzene rings is 1. The molecule has 6 nitrogen and oxygen atoms in total. The highest BCUT2D eigenvalue weighted by atomic mass is 19.1. The maximum absolute atomic E-state index is 14.5. The Morgan fingerprint density at radius 2 is 1.72 bits per heavy atom. The zero-order valence-corrected chi connectivity index (χ0v) is 18.6. The minimum atomic E-state index is -0.585. The average molecular weight is 408 g/mol.